The first-order valence-electron chi connectivity index (χ1n) is 9.20. The lowest BCUT2D eigenvalue weighted by Gasteiger charge is -2.08. The summed E-state index contributed by atoms with van der Waals surface area (Å²) in [6.45, 7) is 5.96. The van der Waals surface area contributed by atoms with Crippen LogP contribution >= 0.6 is 23.1 Å². The number of benzene rings is 2. The Hall–Kier alpha value is -2.64. The number of aromatic nitrogens is 1. The summed E-state index contributed by atoms with van der Waals surface area (Å²) in [7, 11) is 0. The second-order valence-corrected chi connectivity index (χ2v) is 8.93. The first kappa shape index (κ1) is 21.1. The number of amides is 2. The maximum absolute atomic E-state index is 12.3. The summed E-state index contributed by atoms with van der Waals surface area (Å²) in [5, 5.41) is 7.68. The van der Waals surface area contributed by atoms with E-state index in [2.05, 4.69) is 15.6 Å². The van der Waals surface area contributed by atoms with E-state index in [1.165, 1.54) is 23.1 Å². The van der Waals surface area contributed by atoms with Gasteiger partial charge >= 0.3 is 0 Å². The number of aryl methyl sites for hydroxylation is 3. The van der Waals surface area contributed by atoms with Crippen molar-refractivity contribution in [2.75, 3.05) is 16.4 Å². The van der Waals surface area contributed by atoms with Crippen molar-refractivity contribution in [2.24, 2.45) is 0 Å². The first-order chi connectivity index (χ1) is 13.9. The van der Waals surface area contributed by atoms with Gasteiger partial charge < -0.3 is 10.6 Å². The predicted molar refractivity (Wildman–Crippen MR) is 121 cm³/mol. The summed E-state index contributed by atoms with van der Waals surface area (Å²) in [4.78, 5) is 28.9. The van der Waals surface area contributed by atoms with Gasteiger partial charge in [0, 0.05) is 16.8 Å². The molecular formula is C22H23N3O2S2. The van der Waals surface area contributed by atoms with Gasteiger partial charge in [-0.25, -0.2) is 4.98 Å². The first-order valence-corrected chi connectivity index (χ1v) is 11.1. The van der Waals surface area contributed by atoms with Gasteiger partial charge in [0.1, 0.15) is 0 Å². The van der Waals surface area contributed by atoms with Crippen molar-refractivity contribution in [1.29, 1.82) is 0 Å². The molecule has 1 aromatic heterocycles. The van der Waals surface area contributed by atoms with Gasteiger partial charge in [-0.3, -0.25) is 9.59 Å². The molecule has 0 unspecified atom stereocenters. The molecule has 7 heteroatoms. The van der Waals surface area contributed by atoms with Gasteiger partial charge in [0.15, 0.2) is 4.34 Å². The number of thiazole rings is 1. The summed E-state index contributed by atoms with van der Waals surface area (Å²) >= 11 is 2.82. The van der Waals surface area contributed by atoms with Gasteiger partial charge in [-0.15, -0.1) is 11.3 Å². The van der Waals surface area contributed by atoms with E-state index in [1.807, 2.05) is 68.6 Å². The summed E-state index contributed by atoms with van der Waals surface area (Å²) in [5.41, 5.74) is 5.59. The molecule has 0 saturated heterocycles. The maximum Gasteiger partial charge on any atom is 0.234 e. The standard InChI is InChI=1S/C22H23N3O2S2/c1-14-5-8-17(9-6-14)23-21(27)13-29-22-24-18(12-28-22)11-20(26)25-19-10-15(2)4-7-16(19)3/h4-10,12H,11,13H2,1-3H3,(H,23,27)(H,25,26). The van der Waals surface area contributed by atoms with Crippen LogP contribution in [0.4, 0.5) is 11.4 Å². The van der Waals surface area contributed by atoms with Gasteiger partial charge in [-0.1, -0.05) is 41.6 Å². The normalized spacial score (nSPS) is 10.6. The van der Waals surface area contributed by atoms with Crippen LogP contribution in [-0.2, 0) is 16.0 Å². The zero-order chi connectivity index (χ0) is 20.8. The lowest BCUT2D eigenvalue weighted by Crippen LogP contribution is -2.15. The summed E-state index contributed by atoms with van der Waals surface area (Å²) in [6, 6.07) is 13.6. The highest BCUT2D eigenvalue weighted by Gasteiger charge is 2.11. The average molecular weight is 426 g/mol. The second-order valence-electron chi connectivity index (χ2n) is 6.85. The van der Waals surface area contributed by atoms with E-state index in [1.54, 1.807) is 0 Å². The second kappa shape index (κ2) is 9.71. The largest absolute Gasteiger partial charge is 0.325 e. The third-order valence-corrected chi connectivity index (χ3v) is 6.27. The Morgan fingerprint density at radius 3 is 2.45 bits per heavy atom. The van der Waals surface area contributed by atoms with Crippen LogP contribution in [0.25, 0.3) is 0 Å². The smallest absolute Gasteiger partial charge is 0.234 e. The van der Waals surface area contributed by atoms with E-state index in [0.29, 0.717) is 5.69 Å². The number of carbonyl (C=O) groups is 2. The number of hydrogen-bond acceptors (Lipinski definition) is 5. The number of rotatable bonds is 7. The number of nitrogens with one attached hydrogen (secondary N) is 2. The molecule has 150 valence electrons. The Labute approximate surface area is 179 Å². The number of hydrogen-bond donors (Lipinski definition) is 2. The summed E-state index contributed by atoms with van der Waals surface area (Å²) in [5.74, 6) is 0.0936. The number of thioether (sulfide) groups is 1. The van der Waals surface area contributed by atoms with Gasteiger partial charge in [0.05, 0.1) is 17.9 Å². The molecule has 0 bridgehead atoms. The third-order valence-electron chi connectivity index (χ3n) is 4.20. The van der Waals surface area contributed by atoms with Crippen molar-refractivity contribution in [3.8, 4) is 0 Å². The van der Waals surface area contributed by atoms with Crippen LogP contribution in [0, 0.1) is 20.8 Å². The van der Waals surface area contributed by atoms with Crippen molar-refractivity contribution in [2.45, 2.75) is 31.5 Å². The van der Waals surface area contributed by atoms with E-state index in [-0.39, 0.29) is 24.0 Å². The fourth-order valence-electron chi connectivity index (χ4n) is 2.63. The van der Waals surface area contributed by atoms with E-state index in [4.69, 9.17) is 0 Å². The highest BCUT2D eigenvalue weighted by molar-refractivity contribution is 8.01. The fraction of sp³-hybridized carbons (Fsp3) is 0.227. The average Bonchev–Trinajstić information content (AvgIpc) is 3.12. The van der Waals surface area contributed by atoms with E-state index in [0.717, 1.165) is 32.4 Å². The molecule has 3 rings (SSSR count). The molecular weight excluding hydrogens is 402 g/mol. The third kappa shape index (κ3) is 6.44. The van der Waals surface area contributed by atoms with Gasteiger partial charge in [-0.2, -0.15) is 0 Å². The highest BCUT2D eigenvalue weighted by Crippen LogP contribution is 2.24. The van der Waals surface area contributed by atoms with Crippen LogP contribution in [0.5, 0.6) is 0 Å². The Kier molecular flexibility index (Phi) is 7.06. The quantitative estimate of drug-likeness (QED) is 0.524. The van der Waals surface area contributed by atoms with E-state index >= 15 is 0 Å². The molecule has 0 radical (unpaired) electrons. The molecule has 0 saturated carbocycles. The van der Waals surface area contributed by atoms with Crippen molar-refractivity contribution >= 4 is 46.3 Å². The van der Waals surface area contributed by atoms with Crippen molar-refractivity contribution < 1.29 is 9.59 Å². The minimum absolute atomic E-state index is 0.0803. The van der Waals surface area contributed by atoms with Crippen LogP contribution in [0.2, 0.25) is 0 Å². The molecule has 0 aliphatic heterocycles. The van der Waals surface area contributed by atoms with Crippen molar-refractivity contribution in [3.63, 3.8) is 0 Å². The maximum atomic E-state index is 12.3. The van der Waals surface area contributed by atoms with Gasteiger partial charge in [-0.05, 0) is 50.1 Å². The molecule has 1 heterocycles. The Balaban J connectivity index is 1.48. The minimum Gasteiger partial charge on any atom is -0.325 e. The van der Waals surface area contributed by atoms with Gasteiger partial charge in [0.2, 0.25) is 11.8 Å². The fourth-order valence-corrected chi connectivity index (χ4v) is 4.27. The Morgan fingerprint density at radius 1 is 0.966 bits per heavy atom. The van der Waals surface area contributed by atoms with Crippen LogP contribution < -0.4 is 10.6 Å². The highest BCUT2D eigenvalue weighted by atomic mass is 32.2. The lowest BCUT2D eigenvalue weighted by molar-refractivity contribution is -0.116. The molecule has 2 N–H and O–H groups in total. The number of nitrogens with zero attached hydrogens (tertiary/aromatic N) is 1. The molecule has 0 spiro atoms. The van der Waals surface area contributed by atoms with Crippen molar-refractivity contribution in [1.82, 2.24) is 4.98 Å². The molecule has 0 aliphatic carbocycles. The van der Waals surface area contributed by atoms with E-state index in [9.17, 15) is 9.59 Å². The topological polar surface area (TPSA) is 71.1 Å². The SMILES string of the molecule is Cc1ccc(NC(=O)CSc2nc(CC(=O)Nc3cc(C)ccc3C)cs2)cc1. The predicted octanol–water partition coefficient (Wildman–Crippen LogP) is 4.98. The molecule has 0 atom stereocenters. The molecule has 5 nitrogen and oxygen atoms in total. The molecule has 2 aromatic carbocycles. The van der Waals surface area contributed by atoms with Crippen LogP contribution in [0.1, 0.15) is 22.4 Å². The van der Waals surface area contributed by atoms with Crippen LogP contribution in [-0.4, -0.2) is 22.6 Å². The van der Waals surface area contributed by atoms with Crippen molar-refractivity contribution in [3.05, 3.63) is 70.2 Å². The molecule has 0 fully saturated rings. The number of anilines is 2. The van der Waals surface area contributed by atoms with Crippen LogP contribution in [0.15, 0.2) is 52.2 Å². The molecule has 29 heavy (non-hydrogen) atoms. The van der Waals surface area contributed by atoms with E-state index < -0.39 is 0 Å². The Bertz CT molecular complexity index is 1010. The number of carbonyl (C=O) groups excluding carboxylic acids is 2. The molecule has 2 amide bonds. The zero-order valence-electron chi connectivity index (χ0n) is 16.6. The minimum atomic E-state index is -0.0994. The lowest BCUT2D eigenvalue weighted by atomic mass is 10.1. The monoisotopic (exact) mass is 425 g/mol. The summed E-state index contributed by atoms with van der Waals surface area (Å²) in [6.07, 6.45) is 0.208. The molecule has 0 aliphatic rings. The molecule has 3 aromatic rings. The summed E-state index contributed by atoms with van der Waals surface area (Å²) < 4.78 is 0.776. The van der Waals surface area contributed by atoms with Gasteiger partial charge in [0.25, 0.3) is 0 Å². The Morgan fingerprint density at radius 2 is 1.69 bits per heavy atom. The zero-order valence-corrected chi connectivity index (χ0v) is 18.2. The van der Waals surface area contributed by atoms with Crippen LogP contribution in [0.3, 0.4) is 0 Å².